The smallest absolute Gasteiger partial charge is 0.227 e. The molecule has 0 aliphatic rings. The molecule has 0 aliphatic carbocycles. The Morgan fingerprint density at radius 1 is 1.00 bits per heavy atom. The summed E-state index contributed by atoms with van der Waals surface area (Å²) in [7, 11) is 4.71. The number of nitrogens with one attached hydrogen (secondary N) is 1. The van der Waals surface area contributed by atoms with Gasteiger partial charge in [0.05, 0.1) is 36.9 Å². The minimum absolute atomic E-state index is 0.470. The van der Waals surface area contributed by atoms with Crippen LogP contribution in [0.15, 0.2) is 30.6 Å². The van der Waals surface area contributed by atoms with Crippen LogP contribution in [-0.4, -0.2) is 36.3 Å². The summed E-state index contributed by atoms with van der Waals surface area (Å²) in [5.74, 6) is 2.11. The van der Waals surface area contributed by atoms with Gasteiger partial charge in [-0.05, 0) is 13.0 Å². The summed E-state index contributed by atoms with van der Waals surface area (Å²) >= 11 is 1.59. The summed E-state index contributed by atoms with van der Waals surface area (Å²) < 4.78 is 16.0. The molecule has 0 fully saturated rings. The van der Waals surface area contributed by atoms with Crippen molar-refractivity contribution in [3.63, 3.8) is 0 Å². The third-order valence-electron chi connectivity index (χ3n) is 3.45. The third kappa shape index (κ3) is 3.63. The first-order chi connectivity index (χ1) is 12.1. The molecule has 25 heavy (non-hydrogen) atoms. The van der Waals surface area contributed by atoms with Gasteiger partial charge in [0.15, 0.2) is 11.5 Å². The molecule has 0 radical (unpaired) electrons. The number of thiazole rings is 1. The molecule has 0 unspecified atom stereocenters. The van der Waals surface area contributed by atoms with E-state index in [1.807, 2.05) is 19.2 Å². The number of aryl methyl sites for hydroxylation is 1. The summed E-state index contributed by atoms with van der Waals surface area (Å²) in [6, 6.07) is 5.45. The maximum atomic E-state index is 5.36. The summed E-state index contributed by atoms with van der Waals surface area (Å²) in [5, 5.41) is 4.16. The van der Waals surface area contributed by atoms with Gasteiger partial charge in [-0.2, -0.15) is 0 Å². The van der Waals surface area contributed by atoms with E-state index < -0.39 is 0 Å². The minimum Gasteiger partial charge on any atom is -0.493 e. The second kappa shape index (κ2) is 7.35. The molecular weight excluding hydrogens is 340 g/mol. The van der Waals surface area contributed by atoms with Gasteiger partial charge < -0.3 is 19.5 Å². The molecule has 2 heterocycles. The molecule has 130 valence electrons. The first-order valence-corrected chi connectivity index (χ1v) is 8.29. The minimum atomic E-state index is 0.470. The summed E-state index contributed by atoms with van der Waals surface area (Å²) in [5.41, 5.74) is 1.54. The standard InChI is InChI=1S/C17H18N4O3S/c1-10-19-9-15(25-10)12-5-6-18-17(21-12)20-11-7-13(22-2)16(24-4)14(8-11)23-3/h5-9H,1-4H3,(H,18,20,21). The largest absolute Gasteiger partial charge is 0.493 e. The maximum Gasteiger partial charge on any atom is 0.227 e. The topological polar surface area (TPSA) is 78.4 Å². The lowest BCUT2D eigenvalue weighted by atomic mass is 10.2. The Balaban J connectivity index is 1.92. The van der Waals surface area contributed by atoms with Crippen LogP contribution in [-0.2, 0) is 0 Å². The summed E-state index contributed by atoms with van der Waals surface area (Å²) in [4.78, 5) is 14.1. The van der Waals surface area contributed by atoms with Gasteiger partial charge >= 0.3 is 0 Å². The van der Waals surface area contributed by atoms with Crippen molar-refractivity contribution in [3.8, 4) is 27.8 Å². The number of ether oxygens (including phenoxy) is 3. The highest BCUT2D eigenvalue weighted by Gasteiger charge is 2.14. The monoisotopic (exact) mass is 358 g/mol. The van der Waals surface area contributed by atoms with E-state index in [0.717, 1.165) is 21.3 Å². The van der Waals surface area contributed by atoms with Gasteiger partial charge in [-0.3, -0.25) is 0 Å². The Hall–Kier alpha value is -2.87. The van der Waals surface area contributed by atoms with Crippen LogP contribution in [0.1, 0.15) is 5.01 Å². The first-order valence-electron chi connectivity index (χ1n) is 7.47. The number of benzene rings is 1. The molecule has 3 rings (SSSR count). The van der Waals surface area contributed by atoms with E-state index in [2.05, 4.69) is 20.3 Å². The summed E-state index contributed by atoms with van der Waals surface area (Å²) in [6.07, 6.45) is 3.52. The SMILES string of the molecule is COc1cc(Nc2nccc(-c3cnc(C)s3)n2)cc(OC)c1OC. The fourth-order valence-electron chi connectivity index (χ4n) is 2.32. The van der Waals surface area contributed by atoms with Crippen LogP contribution in [0.25, 0.3) is 10.6 Å². The fraction of sp³-hybridized carbons (Fsp3) is 0.235. The number of methoxy groups -OCH3 is 3. The van der Waals surface area contributed by atoms with Gasteiger partial charge in [-0.1, -0.05) is 0 Å². The predicted octanol–water partition coefficient (Wildman–Crippen LogP) is 3.68. The number of hydrogen-bond acceptors (Lipinski definition) is 8. The lowest BCUT2D eigenvalue weighted by Crippen LogP contribution is -2.00. The average Bonchev–Trinajstić information content (AvgIpc) is 3.07. The van der Waals surface area contributed by atoms with Crippen molar-refractivity contribution < 1.29 is 14.2 Å². The van der Waals surface area contributed by atoms with E-state index in [4.69, 9.17) is 14.2 Å². The Morgan fingerprint density at radius 2 is 1.72 bits per heavy atom. The van der Waals surface area contributed by atoms with Gasteiger partial charge in [0, 0.05) is 30.2 Å². The van der Waals surface area contributed by atoms with Gasteiger partial charge in [0.1, 0.15) is 0 Å². The molecule has 0 aliphatic heterocycles. The normalized spacial score (nSPS) is 10.4. The zero-order valence-corrected chi connectivity index (χ0v) is 15.2. The molecule has 0 saturated carbocycles. The second-order valence-electron chi connectivity index (χ2n) is 5.05. The first kappa shape index (κ1) is 17.0. The molecule has 2 aromatic heterocycles. The highest BCUT2D eigenvalue weighted by Crippen LogP contribution is 2.40. The van der Waals surface area contributed by atoms with Crippen molar-refractivity contribution in [1.29, 1.82) is 0 Å². The van der Waals surface area contributed by atoms with Crippen LogP contribution in [0.3, 0.4) is 0 Å². The number of aromatic nitrogens is 3. The molecule has 0 saturated heterocycles. The Morgan fingerprint density at radius 3 is 2.28 bits per heavy atom. The van der Waals surface area contributed by atoms with Crippen LogP contribution < -0.4 is 19.5 Å². The Bertz CT molecular complexity index is 857. The molecule has 3 aromatic rings. The van der Waals surface area contributed by atoms with Crippen molar-refractivity contribution in [2.45, 2.75) is 6.92 Å². The van der Waals surface area contributed by atoms with E-state index in [1.165, 1.54) is 0 Å². The highest BCUT2D eigenvalue weighted by atomic mass is 32.1. The van der Waals surface area contributed by atoms with Gasteiger partial charge in [0.25, 0.3) is 0 Å². The molecule has 0 atom stereocenters. The molecule has 8 heteroatoms. The molecule has 0 bridgehead atoms. The van der Waals surface area contributed by atoms with Crippen LogP contribution in [0.2, 0.25) is 0 Å². The van der Waals surface area contributed by atoms with Crippen molar-refractivity contribution in [1.82, 2.24) is 15.0 Å². The van der Waals surface area contributed by atoms with Crippen molar-refractivity contribution in [3.05, 3.63) is 35.6 Å². The number of anilines is 2. The predicted molar refractivity (Wildman–Crippen MR) is 97.3 cm³/mol. The van der Waals surface area contributed by atoms with Crippen LogP contribution >= 0.6 is 11.3 Å². The lowest BCUT2D eigenvalue weighted by Gasteiger charge is -2.14. The van der Waals surface area contributed by atoms with Crippen molar-refractivity contribution >= 4 is 23.0 Å². The van der Waals surface area contributed by atoms with Gasteiger partial charge in [-0.15, -0.1) is 11.3 Å². The Kier molecular flexibility index (Phi) is 4.99. The van der Waals surface area contributed by atoms with E-state index in [-0.39, 0.29) is 0 Å². The number of hydrogen-bond donors (Lipinski definition) is 1. The summed E-state index contributed by atoms with van der Waals surface area (Å²) in [6.45, 7) is 1.96. The van der Waals surface area contributed by atoms with Crippen LogP contribution in [0, 0.1) is 6.92 Å². The molecule has 1 aromatic carbocycles. The second-order valence-corrected chi connectivity index (χ2v) is 6.28. The number of nitrogens with zero attached hydrogens (tertiary/aromatic N) is 3. The third-order valence-corrected chi connectivity index (χ3v) is 4.39. The molecule has 0 spiro atoms. The molecule has 7 nitrogen and oxygen atoms in total. The van der Waals surface area contributed by atoms with E-state index in [0.29, 0.717) is 23.2 Å². The lowest BCUT2D eigenvalue weighted by molar-refractivity contribution is 0.324. The van der Waals surface area contributed by atoms with E-state index in [9.17, 15) is 0 Å². The van der Waals surface area contributed by atoms with Gasteiger partial charge in [0.2, 0.25) is 11.7 Å². The number of rotatable bonds is 6. The Labute approximate surface area is 149 Å². The highest BCUT2D eigenvalue weighted by molar-refractivity contribution is 7.15. The fourth-order valence-corrected chi connectivity index (χ4v) is 3.07. The van der Waals surface area contributed by atoms with Crippen LogP contribution in [0.4, 0.5) is 11.6 Å². The molecule has 0 amide bonds. The maximum absolute atomic E-state index is 5.36. The van der Waals surface area contributed by atoms with E-state index in [1.54, 1.807) is 51.0 Å². The van der Waals surface area contributed by atoms with Crippen molar-refractivity contribution in [2.75, 3.05) is 26.6 Å². The van der Waals surface area contributed by atoms with Crippen LogP contribution in [0.5, 0.6) is 17.2 Å². The average molecular weight is 358 g/mol. The zero-order chi connectivity index (χ0) is 17.8. The molecular formula is C17H18N4O3S. The molecule has 1 N–H and O–H groups in total. The van der Waals surface area contributed by atoms with Crippen molar-refractivity contribution in [2.24, 2.45) is 0 Å². The zero-order valence-electron chi connectivity index (χ0n) is 14.4. The van der Waals surface area contributed by atoms with Gasteiger partial charge in [-0.25, -0.2) is 15.0 Å². The van der Waals surface area contributed by atoms with E-state index >= 15 is 0 Å². The quantitative estimate of drug-likeness (QED) is 0.720.